The number of para-hydroxylation sites is 1. The summed E-state index contributed by atoms with van der Waals surface area (Å²) < 4.78 is 1.74. The number of nitrogens with zero attached hydrogens (tertiary/aromatic N) is 5. The van der Waals surface area contributed by atoms with Crippen molar-refractivity contribution in [3.8, 4) is 5.75 Å². The molecule has 9 heteroatoms. The second-order valence-corrected chi connectivity index (χ2v) is 7.86. The molecule has 1 aromatic carbocycles. The maximum Gasteiger partial charge on any atom is 0.257 e. The molecule has 1 aliphatic rings. The lowest BCUT2D eigenvalue weighted by atomic mass is 10.1. The molecule has 166 valence electrons. The van der Waals surface area contributed by atoms with E-state index in [1.54, 1.807) is 10.7 Å². The van der Waals surface area contributed by atoms with E-state index in [0.29, 0.717) is 37.4 Å². The van der Waals surface area contributed by atoms with Crippen LogP contribution < -0.4 is 10.2 Å². The van der Waals surface area contributed by atoms with Gasteiger partial charge in [-0.15, -0.1) is 0 Å². The standard InChI is InChI=1S/C23H26N6O3/c1-16-11-17(2)29(26-16)15-22(31)28-9-7-27(8-10-28)21-6-4-3-5-20(21)23(32)25-18-12-19(30)14-24-13-18/h3-6,11-14,30H,7-10,15H2,1-2H3,(H,25,32). The van der Waals surface area contributed by atoms with Crippen LogP contribution in [0.25, 0.3) is 0 Å². The smallest absolute Gasteiger partial charge is 0.257 e. The van der Waals surface area contributed by atoms with Crippen LogP contribution in [0, 0.1) is 13.8 Å². The maximum absolute atomic E-state index is 12.9. The summed E-state index contributed by atoms with van der Waals surface area (Å²) in [6.45, 7) is 6.49. The Labute approximate surface area is 186 Å². The molecule has 32 heavy (non-hydrogen) atoms. The van der Waals surface area contributed by atoms with Crippen molar-refractivity contribution < 1.29 is 14.7 Å². The van der Waals surface area contributed by atoms with E-state index in [2.05, 4.69) is 20.3 Å². The summed E-state index contributed by atoms with van der Waals surface area (Å²) in [5.74, 6) is -0.258. The molecule has 1 aliphatic heterocycles. The number of hydrogen-bond donors (Lipinski definition) is 2. The number of rotatable bonds is 5. The summed E-state index contributed by atoms with van der Waals surface area (Å²) in [7, 11) is 0. The Morgan fingerprint density at radius 1 is 1.06 bits per heavy atom. The van der Waals surface area contributed by atoms with Crippen LogP contribution in [0.15, 0.2) is 48.8 Å². The Balaban J connectivity index is 1.41. The Kier molecular flexibility index (Phi) is 6.07. The first-order valence-electron chi connectivity index (χ1n) is 10.5. The second kappa shape index (κ2) is 9.09. The third-order valence-electron chi connectivity index (χ3n) is 5.49. The number of amides is 2. The van der Waals surface area contributed by atoms with Gasteiger partial charge in [-0.25, -0.2) is 0 Å². The van der Waals surface area contributed by atoms with Crippen LogP contribution >= 0.6 is 0 Å². The molecule has 0 bridgehead atoms. The molecule has 9 nitrogen and oxygen atoms in total. The SMILES string of the molecule is Cc1cc(C)n(CC(=O)N2CCN(c3ccccc3C(=O)Nc3cncc(O)c3)CC2)n1. The predicted molar refractivity (Wildman–Crippen MR) is 121 cm³/mol. The van der Waals surface area contributed by atoms with Crippen molar-refractivity contribution in [1.29, 1.82) is 0 Å². The summed E-state index contributed by atoms with van der Waals surface area (Å²) in [6, 6.07) is 10.8. The molecule has 3 aromatic rings. The van der Waals surface area contributed by atoms with Crippen LogP contribution in [-0.2, 0) is 11.3 Å². The van der Waals surface area contributed by atoms with Gasteiger partial charge in [0.25, 0.3) is 5.91 Å². The highest BCUT2D eigenvalue weighted by molar-refractivity contribution is 6.08. The Bertz CT molecular complexity index is 1130. The molecule has 2 N–H and O–H groups in total. The van der Waals surface area contributed by atoms with E-state index in [9.17, 15) is 14.7 Å². The summed E-state index contributed by atoms with van der Waals surface area (Å²) in [4.78, 5) is 33.5. The van der Waals surface area contributed by atoms with Crippen molar-refractivity contribution in [2.75, 3.05) is 36.4 Å². The highest BCUT2D eigenvalue weighted by atomic mass is 16.3. The average molecular weight is 435 g/mol. The Morgan fingerprint density at radius 3 is 2.50 bits per heavy atom. The van der Waals surface area contributed by atoms with E-state index in [-0.39, 0.29) is 24.1 Å². The van der Waals surface area contributed by atoms with Gasteiger partial charge in [-0.2, -0.15) is 5.10 Å². The van der Waals surface area contributed by atoms with Crippen LogP contribution in [-0.4, -0.2) is 62.8 Å². The number of carbonyl (C=O) groups is 2. The predicted octanol–water partition coefficient (Wildman–Crippen LogP) is 2.20. The molecule has 1 fully saturated rings. The van der Waals surface area contributed by atoms with E-state index in [1.807, 2.05) is 43.0 Å². The highest BCUT2D eigenvalue weighted by Gasteiger charge is 2.24. The van der Waals surface area contributed by atoms with Gasteiger partial charge in [0.2, 0.25) is 5.91 Å². The van der Waals surface area contributed by atoms with Crippen LogP contribution in [0.2, 0.25) is 0 Å². The topological polar surface area (TPSA) is 104 Å². The largest absolute Gasteiger partial charge is 0.506 e. The fourth-order valence-corrected chi connectivity index (χ4v) is 3.90. The van der Waals surface area contributed by atoms with E-state index in [1.165, 1.54) is 18.5 Å². The summed E-state index contributed by atoms with van der Waals surface area (Å²) in [5, 5.41) is 16.7. The lowest BCUT2D eigenvalue weighted by Crippen LogP contribution is -2.50. The number of aryl methyl sites for hydroxylation is 2. The third kappa shape index (κ3) is 4.72. The van der Waals surface area contributed by atoms with Crippen molar-refractivity contribution in [2.24, 2.45) is 0 Å². The number of hydrogen-bond acceptors (Lipinski definition) is 6. The number of benzene rings is 1. The lowest BCUT2D eigenvalue weighted by Gasteiger charge is -2.37. The minimum absolute atomic E-state index is 0.0164. The van der Waals surface area contributed by atoms with Gasteiger partial charge >= 0.3 is 0 Å². The Hall–Kier alpha value is -3.88. The molecule has 1 saturated heterocycles. The zero-order chi connectivity index (χ0) is 22.7. The quantitative estimate of drug-likeness (QED) is 0.638. The van der Waals surface area contributed by atoms with Crippen LogP contribution in [0.1, 0.15) is 21.7 Å². The summed E-state index contributed by atoms with van der Waals surface area (Å²) >= 11 is 0. The molecule has 3 heterocycles. The zero-order valence-corrected chi connectivity index (χ0v) is 18.2. The van der Waals surface area contributed by atoms with Crippen molar-refractivity contribution in [3.63, 3.8) is 0 Å². The lowest BCUT2D eigenvalue weighted by molar-refractivity contribution is -0.132. The van der Waals surface area contributed by atoms with Gasteiger partial charge < -0.3 is 20.2 Å². The van der Waals surface area contributed by atoms with Crippen LogP contribution in [0.4, 0.5) is 11.4 Å². The normalized spacial score (nSPS) is 13.8. The van der Waals surface area contributed by atoms with Gasteiger partial charge in [-0.3, -0.25) is 19.3 Å². The molecule has 0 spiro atoms. The molecule has 0 radical (unpaired) electrons. The molecule has 2 aromatic heterocycles. The van der Waals surface area contributed by atoms with Gasteiger partial charge in [0, 0.05) is 43.6 Å². The van der Waals surface area contributed by atoms with Gasteiger partial charge in [-0.1, -0.05) is 12.1 Å². The molecule has 0 atom stereocenters. The van der Waals surface area contributed by atoms with Crippen molar-refractivity contribution in [3.05, 3.63) is 65.7 Å². The molecular formula is C23H26N6O3. The first-order valence-corrected chi connectivity index (χ1v) is 10.5. The van der Waals surface area contributed by atoms with Crippen molar-refractivity contribution in [2.45, 2.75) is 20.4 Å². The van der Waals surface area contributed by atoms with Gasteiger partial charge in [0.05, 0.1) is 29.3 Å². The highest BCUT2D eigenvalue weighted by Crippen LogP contribution is 2.24. The zero-order valence-electron chi connectivity index (χ0n) is 18.2. The van der Waals surface area contributed by atoms with Gasteiger partial charge in [0.15, 0.2) is 0 Å². The number of carbonyl (C=O) groups excluding carboxylic acids is 2. The molecule has 0 saturated carbocycles. The average Bonchev–Trinajstić information content (AvgIpc) is 3.10. The third-order valence-corrected chi connectivity index (χ3v) is 5.49. The number of aromatic hydroxyl groups is 1. The van der Waals surface area contributed by atoms with Crippen molar-refractivity contribution >= 4 is 23.2 Å². The van der Waals surface area contributed by atoms with Crippen LogP contribution in [0.3, 0.4) is 0 Å². The number of anilines is 2. The number of aromatic nitrogens is 3. The van der Waals surface area contributed by atoms with E-state index < -0.39 is 0 Å². The maximum atomic E-state index is 12.9. The first-order chi connectivity index (χ1) is 15.4. The number of pyridine rings is 1. The monoisotopic (exact) mass is 434 g/mol. The van der Waals surface area contributed by atoms with Crippen molar-refractivity contribution in [1.82, 2.24) is 19.7 Å². The van der Waals surface area contributed by atoms with Crippen LogP contribution in [0.5, 0.6) is 5.75 Å². The minimum atomic E-state index is -0.281. The number of piperazine rings is 1. The number of nitrogens with one attached hydrogen (secondary N) is 1. The fraction of sp³-hybridized carbons (Fsp3) is 0.304. The molecule has 2 amide bonds. The van der Waals surface area contributed by atoms with E-state index in [0.717, 1.165) is 17.1 Å². The first kappa shape index (κ1) is 21.4. The molecule has 4 rings (SSSR count). The Morgan fingerprint density at radius 2 is 1.81 bits per heavy atom. The molecule has 0 unspecified atom stereocenters. The van der Waals surface area contributed by atoms with E-state index >= 15 is 0 Å². The van der Waals surface area contributed by atoms with E-state index in [4.69, 9.17) is 0 Å². The van der Waals surface area contributed by atoms with Gasteiger partial charge in [0.1, 0.15) is 12.3 Å². The second-order valence-electron chi connectivity index (χ2n) is 7.86. The summed E-state index contributed by atoms with van der Waals surface area (Å²) in [5.41, 5.74) is 3.62. The molecule has 0 aliphatic carbocycles. The fourth-order valence-electron chi connectivity index (χ4n) is 3.90. The molecular weight excluding hydrogens is 408 g/mol. The van der Waals surface area contributed by atoms with Gasteiger partial charge in [-0.05, 0) is 32.0 Å². The summed E-state index contributed by atoms with van der Waals surface area (Å²) in [6.07, 6.45) is 2.78. The minimum Gasteiger partial charge on any atom is -0.506 e.